The molecule has 0 amide bonds. The Hall–Kier alpha value is -0.700. The zero-order valence-electron chi connectivity index (χ0n) is 10.4. The van der Waals surface area contributed by atoms with Gasteiger partial charge >= 0.3 is 0 Å². The number of hydrogen-bond donors (Lipinski definition) is 1. The first-order valence-electron chi connectivity index (χ1n) is 6.25. The monoisotopic (exact) mass is 285 g/mol. The molecule has 0 aliphatic carbocycles. The first kappa shape index (κ1) is 13.7. The van der Waals surface area contributed by atoms with E-state index in [0.29, 0.717) is 16.6 Å². The molecule has 1 heterocycles. The van der Waals surface area contributed by atoms with Gasteiger partial charge in [-0.05, 0) is 24.5 Å². The van der Waals surface area contributed by atoms with Gasteiger partial charge in [-0.25, -0.2) is 0 Å². The number of halogens is 2. The van der Waals surface area contributed by atoms with Crippen LogP contribution < -0.4 is 0 Å². The van der Waals surface area contributed by atoms with Crippen molar-refractivity contribution in [2.24, 2.45) is 0 Å². The molecule has 0 fully saturated rings. The molecule has 1 aromatic carbocycles. The highest BCUT2D eigenvalue weighted by Crippen LogP contribution is 2.34. The second-order valence-corrected chi connectivity index (χ2v) is 5.22. The first-order chi connectivity index (χ1) is 8.69. The lowest BCUT2D eigenvalue weighted by molar-refractivity contribution is 0.278. The molecule has 0 saturated carbocycles. The Morgan fingerprint density at radius 1 is 1.28 bits per heavy atom. The van der Waals surface area contributed by atoms with Crippen molar-refractivity contribution < 1.29 is 5.11 Å². The molecule has 0 aliphatic heterocycles. The van der Waals surface area contributed by atoms with E-state index in [1.165, 1.54) is 5.56 Å². The summed E-state index contributed by atoms with van der Waals surface area (Å²) in [4.78, 5) is 0. The van der Waals surface area contributed by atoms with Crippen LogP contribution in [0.25, 0.3) is 10.9 Å². The molecule has 0 bridgehead atoms. The van der Waals surface area contributed by atoms with Gasteiger partial charge in [0.15, 0.2) is 0 Å². The summed E-state index contributed by atoms with van der Waals surface area (Å²) in [5.41, 5.74) is 2.21. The van der Waals surface area contributed by atoms with E-state index >= 15 is 0 Å². The van der Waals surface area contributed by atoms with Gasteiger partial charge in [0.1, 0.15) is 0 Å². The summed E-state index contributed by atoms with van der Waals surface area (Å²) < 4.78 is 1.99. The van der Waals surface area contributed by atoms with Crippen molar-refractivity contribution in [3.8, 4) is 0 Å². The maximum absolute atomic E-state index is 9.13. The fourth-order valence-corrected chi connectivity index (χ4v) is 2.68. The number of benzene rings is 1. The SMILES string of the molecule is CCCCc1cn(CCO)c2c(Cl)c(Cl)ccc12. The Balaban J connectivity index is 2.56. The zero-order valence-corrected chi connectivity index (χ0v) is 11.9. The fourth-order valence-electron chi connectivity index (χ4n) is 2.25. The molecule has 1 N–H and O–H groups in total. The third-order valence-corrected chi connectivity index (χ3v) is 3.95. The lowest BCUT2D eigenvalue weighted by Gasteiger charge is -2.05. The van der Waals surface area contributed by atoms with E-state index in [1.54, 1.807) is 0 Å². The summed E-state index contributed by atoms with van der Waals surface area (Å²) in [5, 5.41) is 11.4. The predicted molar refractivity (Wildman–Crippen MR) is 77.7 cm³/mol. The number of aliphatic hydroxyl groups is 1. The Kier molecular flexibility index (Phi) is 4.55. The van der Waals surface area contributed by atoms with Crippen molar-refractivity contribution >= 4 is 34.1 Å². The number of fused-ring (bicyclic) bond motifs is 1. The molecular formula is C14H17Cl2NO. The first-order valence-corrected chi connectivity index (χ1v) is 7.01. The Labute approximate surface area is 117 Å². The molecule has 18 heavy (non-hydrogen) atoms. The average molecular weight is 286 g/mol. The van der Waals surface area contributed by atoms with Crippen LogP contribution in [-0.4, -0.2) is 16.3 Å². The Bertz CT molecular complexity index is 548. The Morgan fingerprint density at radius 3 is 2.72 bits per heavy atom. The van der Waals surface area contributed by atoms with Crippen LogP contribution in [0.4, 0.5) is 0 Å². The highest BCUT2D eigenvalue weighted by molar-refractivity contribution is 6.45. The smallest absolute Gasteiger partial charge is 0.0835 e. The predicted octanol–water partition coefficient (Wildman–Crippen LogP) is 4.28. The highest BCUT2D eigenvalue weighted by atomic mass is 35.5. The average Bonchev–Trinajstić information content (AvgIpc) is 2.70. The number of aryl methyl sites for hydroxylation is 1. The fraction of sp³-hybridized carbons (Fsp3) is 0.429. The van der Waals surface area contributed by atoms with Crippen LogP contribution >= 0.6 is 23.2 Å². The van der Waals surface area contributed by atoms with Crippen LogP contribution in [0.2, 0.25) is 10.0 Å². The van der Waals surface area contributed by atoms with Crippen molar-refractivity contribution in [3.05, 3.63) is 33.9 Å². The minimum absolute atomic E-state index is 0.0971. The largest absolute Gasteiger partial charge is 0.395 e. The van der Waals surface area contributed by atoms with Crippen molar-refractivity contribution in [3.63, 3.8) is 0 Å². The van der Waals surface area contributed by atoms with Crippen LogP contribution in [0, 0.1) is 0 Å². The van der Waals surface area contributed by atoms with Crippen LogP contribution in [0.15, 0.2) is 18.3 Å². The molecular weight excluding hydrogens is 269 g/mol. The number of aromatic nitrogens is 1. The minimum atomic E-state index is 0.0971. The van der Waals surface area contributed by atoms with Gasteiger partial charge in [-0.2, -0.15) is 0 Å². The van der Waals surface area contributed by atoms with E-state index in [9.17, 15) is 0 Å². The minimum Gasteiger partial charge on any atom is -0.395 e. The van der Waals surface area contributed by atoms with Gasteiger partial charge in [0.2, 0.25) is 0 Å². The lowest BCUT2D eigenvalue weighted by atomic mass is 10.1. The van der Waals surface area contributed by atoms with Gasteiger partial charge in [0.05, 0.1) is 22.2 Å². The van der Waals surface area contributed by atoms with Crippen LogP contribution in [0.5, 0.6) is 0 Å². The van der Waals surface area contributed by atoms with Gasteiger partial charge in [0, 0.05) is 18.1 Å². The van der Waals surface area contributed by atoms with Gasteiger partial charge < -0.3 is 9.67 Å². The van der Waals surface area contributed by atoms with E-state index in [0.717, 1.165) is 30.2 Å². The molecule has 0 unspecified atom stereocenters. The van der Waals surface area contributed by atoms with E-state index in [1.807, 2.05) is 16.7 Å². The molecule has 98 valence electrons. The number of hydrogen-bond acceptors (Lipinski definition) is 1. The van der Waals surface area contributed by atoms with Crippen LogP contribution in [0.3, 0.4) is 0 Å². The molecule has 0 radical (unpaired) electrons. The standard InChI is InChI=1S/C14H17Cl2NO/c1-2-3-4-10-9-17(7-8-18)14-11(10)5-6-12(15)13(14)16/h5-6,9,18H,2-4,7-8H2,1H3. The van der Waals surface area contributed by atoms with Gasteiger partial charge in [-0.15, -0.1) is 0 Å². The van der Waals surface area contributed by atoms with Gasteiger partial charge in [-0.3, -0.25) is 0 Å². The molecule has 0 saturated heterocycles. The second-order valence-electron chi connectivity index (χ2n) is 4.43. The third kappa shape index (κ3) is 2.51. The topological polar surface area (TPSA) is 25.2 Å². The van der Waals surface area contributed by atoms with Crippen molar-refractivity contribution in [1.82, 2.24) is 4.57 Å². The number of unbranched alkanes of at least 4 members (excludes halogenated alkanes) is 1. The van der Waals surface area contributed by atoms with Crippen molar-refractivity contribution in [1.29, 1.82) is 0 Å². The molecule has 4 heteroatoms. The summed E-state index contributed by atoms with van der Waals surface area (Å²) in [7, 11) is 0. The van der Waals surface area contributed by atoms with Crippen molar-refractivity contribution in [2.75, 3.05) is 6.61 Å². The number of aliphatic hydroxyl groups excluding tert-OH is 1. The summed E-state index contributed by atoms with van der Waals surface area (Å²) in [6.07, 6.45) is 5.43. The summed E-state index contributed by atoms with van der Waals surface area (Å²) in [5.74, 6) is 0. The second kappa shape index (κ2) is 5.96. The molecule has 1 aromatic heterocycles. The molecule has 0 atom stereocenters. The normalized spacial score (nSPS) is 11.3. The van der Waals surface area contributed by atoms with Gasteiger partial charge in [0.25, 0.3) is 0 Å². The highest BCUT2D eigenvalue weighted by Gasteiger charge is 2.13. The maximum Gasteiger partial charge on any atom is 0.0835 e. The summed E-state index contributed by atoms with van der Waals surface area (Å²) >= 11 is 12.3. The van der Waals surface area contributed by atoms with E-state index in [4.69, 9.17) is 28.3 Å². The Morgan fingerprint density at radius 2 is 2.06 bits per heavy atom. The number of rotatable bonds is 5. The summed E-state index contributed by atoms with van der Waals surface area (Å²) in [6, 6.07) is 3.85. The van der Waals surface area contributed by atoms with Gasteiger partial charge in [-0.1, -0.05) is 42.6 Å². The summed E-state index contributed by atoms with van der Waals surface area (Å²) in [6.45, 7) is 2.82. The third-order valence-electron chi connectivity index (χ3n) is 3.15. The lowest BCUT2D eigenvalue weighted by Crippen LogP contribution is -2.00. The molecule has 2 rings (SSSR count). The molecule has 0 spiro atoms. The molecule has 0 aliphatic rings. The van der Waals surface area contributed by atoms with Crippen molar-refractivity contribution in [2.45, 2.75) is 32.7 Å². The maximum atomic E-state index is 9.13. The molecule has 2 nitrogen and oxygen atoms in total. The van der Waals surface area contributed by atoms with E-state index in [2.05, 4.69) is 13.1 Å². The quantitative estimate of drug-likeness (QED) is 0.871. The van der Waals surface area contributed by atoms with Crippen LogP contribution in [-0.2, 0) is 13.0 Å². The molecule has 2 aromatic rings. The van der Waals surface area contributed by atoms with Crippen LogP contribution in [0.1, 0.15) is 25.3 Å². The van der Waals surface area contributed by atoms with E-state index in [-0.39, 0.29) is 6.61 Å². The zero-order chi connectivity index (χ0) is 13.1. The number of nitrogens with zero attached hydrogens (tertiary/aromatic N) is 1. The van der Waals surface area contributed by atoms with E-state index < -0.39 is 0 Å².